The first-order chi connectivity index (χ1) is 8.78. The highest BCUT2D eigenvalue weighted by atomic mass is 14.9. The average molecular weight is 233 g/mol. The van der Waals surface area contributed by atoms with Crippen LogP contribution in [-0.4, -0.2) is 9.97 Å². The number of nitrogens with zero attached hydrogens (tertiary/aromatic N) is 2. The fourth-order valence-electron chi connectivity index (χ4n) is 2.04. The van der Waals surface area contributed by atoms with Crippen LogP contribution in [0.3, 0.4) is 0 Å². The quantitative estimate of drug-likeness (QED) is 0.700. The van der Waals surface area contributed by atoms with Crippen molar-refractivity contribution in [1.82, 2.24) is 9.97 Å². The normalized spacial score (nSPS) is 10.4. The van der Waals surface area contributed by atoms with E-state index in [4.69, 9.17) is 5.26 Å². The first-order valence-corrected chi connectivity index (χ1v) is 5.74. The SMILES string of the molecule is Cc1ccc2nc(-c3ccccc3C#N)[nH]c2c1. The molecule has 0 atom stereocenters. The zero-order valence-corrected chi connectivity index (χ0v) is 9.94. The maximum Gasteiger partial charge on any atom is 0.139 e. The van der Waals surface area contributed by atoms with E-state index in [0.29, 0.717) is 5.56 Å². The summed E-state index contributed by atoms with van der Waals surface area (Å²) in [6.45, 7) is 2.04. The number of imidazole rings is 1. The summed E-state index contributed by atoms with van der Waals surface area (Å²) in [6, 6.07) is 15.7. The van der Waals surface area contributed by atoms with Crippen molar-refractivity contribution in [1.29, 1.82) is 5.26 Å². The molecular weight excluding hydrogens is 222 g/mol. The largest absolute Gasteiger partial charge is 0.338 e. The van der Waals surface area contributed by atoms with Crippen LogP contribution in [0, 0.1) is 18.3 Å². The second kappa shape index (κ2) is 4.01. The van der Waals surface area contributed by atoms with Crippen molar-refractivity contribution >= 4 is 11.0 Å². The van der Waals surface area contributed by atoms with Gasteiger partial charge in [-0.05, 0) is 36.8 Å². The standard InChI is InChI=1S/C15H11N3/c1-10-6-7-13-14(8-10)18-15(17-13)12-5-3-2-4-11(12)9-16/h2-8H,1H3,(H,17,18). The Labute approximate surface area is 105 Å². The van der Waals surface area contributed by atoms with E-state index >= 15 is 0 Å². The van der Waals surface area contributed by atoms with Crippen molar-refractivity contribution in [2.24, 2.45) is 0 Å². The Morgan fingerprint density at radius 3 is 2.83 bits per heavy atom. The molecule has 3 rings (SSSR count). The lowest BCUT2D eigenvalue weighted by Crippen LogP contribution is -1.85. The first-order valence-electron chi connectivity index (χ1n) is 5.74. The van der Waals surface area contributed by atoms with Crippen LogP contribution in [0.4, 0.5) is 0 Å². The monoisotopic (exact) mass is 233 g/mol. The maximum atomic E-state index is 9.11. The average Bonchev–Trinajstić information content (AvgIpc) is 2.81. The molecule has 0 fully saturated rings. The Morgan fingerprint density at radius 1 is 1.17 bits per heavy atom. The number of H-pyrrole nitrogens is 1. The summed E-state index contributed by atoms with van der Waals surface area (Å²) in [7, 11) is 0. The van der Waals surface area contributed by atoms with E-state index in [1.54, 1.807) is 6.07 Å². The number of aryl methyl sites for hydroxylation is 1. The molecule has 2 aromatic carbocycles. The van der Waals surface area contributed by atoms with Gasteiger partial charge in [0.15, 0.2) is 0 Å². The molecule has 18 heavy (non-hydrogen) atoms. The van der Waals surface area contributed by atoms with Crippen molar-refractivity contribution in [3.63, 3.8) is 0 Å². The fraction of sp³-hybridized carbons (Fsp3) is 0.0667. The molecule has 0 aliphatic carbocycles. The number of nitrogens with one attached hydrogen (secondary N) is 1. The van der Waals surface area contributed by atoms with E-state index in [0.717, 1.165) is 22.4 Å². The van der Waals surface area contributed by atoms with E-state index in [9.17, 15) is 0 Å². The molecule has 0 aliphatic rings. The van der Waals surface area contributed by atoms with Crippen molar-refractivity contribution in [2.75, 3.05) is 0 Å². The number of benzene rings is 2. The summed E-state index contributed by atoms with van der Waals surface area (Å²) in [4.78, 5) is 7.79. The molecule has 1 heterocycles. The third-order valence-electron chi connectivity index (χ3n) is 2.94. The molecule has 3 aromatic rings. The molecule has 86 valence electrons. The molecule has 1 aromatic heterocycles. The summed E-state index contributed by atoms with van der Waals surface area (Å²) in [6.07, 6.45) is 0. The molecule has 0 radical (unpaired) electrons. The van der Waals surface area contributed by atoms with Crippen molar-refractivity contribution < 1.29 is 0 Å². The minimum atomic E-state index is 0.633. The summed E-state index contributed by atoms with van der Waals surface area (Å²) < 4.78 is 0. The van der Waals surface area contributed by atoms with Crippen LogP contribution in [0.5, 0.6) is 0 Å². The molecule has 0 aliphatic heterocycles. The Kier molecular flexibility index (Phi) is 2.35. The van der Waals surface area contributed by atoms with Gasteiger partial charge in [0, 0.05) is 5.56 Å². The Hall–Kier alpha value is -2.60. The van der Waals surface area contributed by atoms with Crippen molar-refractivity contribution in [3.05, 3.63) is 53.6 Å². The van der Waals surface area contributed by atoms with Gasteiger partial charge in [0.1, 0.15) is 5.82 Å². The van der Waals surface area contributed by atoms with Crippen LogP contribution >= 0.6 is 0 Å². The van der Waals surface area contributed by atoms with E-state index in [1.807, 2.05) is 37.3 Å². The molecule has 0 unspecified atom stereocenters. The minimum absolute atomic E-state index is 0.633. The highest BCUT2D eigenvalue weighted by Gasteiger charge is 2.08. The van der Waals surface area contributed by atoms with Crippen LogP contribution in [0.15, 0.2) is 42.5 Å². The zero-order valence-electron chi connectivity index (χ0n) is 9.94. The van der Waals surface area contributed by atoms with Gasteiger partial charge in [-0.3, -0.25) is 0 Å². The van der Waals surface area contributed by atoms with Crippen LogP contribution in [0.2, 0.25) is 0 Å². The number of fused-ring (bicyclic) bond motifs is 1. The summed E-state index contributed by atoms with van der Waals surface area (Å²) in [5, 5.41) is 9.11. The van der Waals surface area contributed by atoms with Gasteiger partial charge in [0.2, 0.25) is 0 Å². The lowest BCUT2D eigenvalue weighted by Gasteiger charge is -1.98. The van der Waals surface area contributed by atoms with Crippen molar-refractivity contribution in [3.8, 4) is 17.5 Å². The molecule has 1 N–H and O–H groups in total. The van der Waals surface area contributed by atoms with Gasteiger partial charge in [-0.15, -0.1) is 0 Å². The van der Waals surface area contributed by atoms with E-state index in [1.165, 1.54) is 5.56 Å². The molecule has 0 bridgehead atoms. The van der Waals surface area contributed by atoms with E-state index in [2.05, 4.69) is 22.1 Å². The number of hydrogen-bond donors (Lipinski definition) is 1. The fourth-order valence-corrected chi connectivity index (χ4v) is 2.04. The van der Waals surface area contributed by atoms with Gasteiger partial charge < -0.3 is 4.98 Å². The molecule has 0 spiro atoms. The van der Waals surface area contributed by atoms with Crippen molar-refractivity contribution in [2.45, 2.75) is 6.92 Å². The smallest absolute Gasteiger partial charge is 0.139 e. The third-order valence-corrected chi connectivity index (χ3v) is 2.94. The Bertz CT molecular complexity index is 763. The molecule has 0 saturated heterocycles. The number of hydrogen-bond acceptors (Lipinski definition) is 2. The second-order valence-electron chi connectivity index (χ2n) is 4.26. The van der Waals surface area contributed by atoms with Gasteiger partial charge in [-0.25, -0.2) is 4.98 Å². The van der Waals surface area contributed by atoms with Gasteiger partial charge in [-0.1, -0.05) is 18.2 Å². The number of nitriles is 1. The molecule has 3 heteroatoms. The van der Waals surface area contributed by atoms with Gasteiger partial charge in [0.05, 0.1) is 22.7 Å². The lowest BCUT2D eigenvalue weighted by molar-refractivity contribution is 1.32. The van der Waals surface area contributed by atoms with Crippen LogP contribution in [0.1, 0.15) is 11.1 Å². The van der Waals surface area contributed by atoms with Crippen LogP contribution in [-0.2, 0) is 0 Å². The summed E-state index contributed by atoms with van der Waals surface area (Å²) in [5.41, 5.74) is 4.58. The second-order valence-corrected chi connectivity index (χ2v) is 4.26. The molecule has 3 nitrogen and oxygen atoms in total. The maximum absolute atomic E-state index is 9.11. The summed E-state index contributed by atoms with van der Waals surface area (Å²) >= 11 is 0. The Balaban J connectivity index is 2.23. The highest BCUT2D eigenvalue weighted by Crippen LogP contribution is 2.23. The predicted octanol–water partition coefficient (Wildman–Crippen LogP) is 3.41. The topological polar surface area (TPSA) is 52.5 Å². The van der Waals surface area contributed by atoms with E-state index < -0.39 is 0 Å². The highest BCUT2D eigenvalue weighted by molar-refractivity contribution is 5.81. The predicted molar refractivity (Wildman–Crippen MR) is 71.0 cm³/mol. The van der Waals surface area contributed by atoms with Crippen LogP contribution in [0.25, 0.3) is 22.4 Å². The van der Waals surface area contributed by atoms with Crippen LogP contribution < -0.4 is 0 Å². The zero-order chi connectivity index (χ0) is 12.5. The number of aromatic amines is 1. The van der Waals surface area contributed by atoms with E-state index in [-0.39, 0.29) is 0 Å². The molecule has 0 amide bonds. The molecule has 0 saturated carbocycles. The lowest BCUT2D eigenvalue weighted by atomic mass is 10.1. The van der Waals surface area contributed by atoms with Gasteiger partial charge >= 0.3 is 0 Å². The Morgan fingerprint density at radius 2 is 2.00 bits per heavy atom. The van der Waals surface area contributed by atoms with Gasteiger partial charge in [-0.2, -0.15) is 5.26 Å². The number of rotatable bonds is 1. The molecular formula is C15H11N3. The minimum Gasteiger partial charge on any atom is -0.338 e. The number of aromatic nitrogens is 2. The summed E-state index contributed by atoms with van der Waals surface area (Å²) in [5.74, 6) is 0.743. The first kappa shape index (κ1) is 10.5. The third kappa shape index (κ3) is 1.64. The van der Waals surface area contributed by atoms with Gasteiger partial charge in [0.25, 0.3) is 0 Å².